The van der Waals surface area contributed by atoms with E-state index in [2.05, 4.69) is 46.4 Å². The molecule has 3 aliphatic carbocycles. The quantitative estimate of drug-likeness (QED) is 0.107. The zero-order valence-corrected chi connectivity index (χ0v) is 25.9. The van der Waals surface area contributed by atoms with Crippen LogP contribution in [0.15, 0.2) is 24.3 Å². The molecule has 218 valence electrons. The highest BCUT2D eigenvalue weighted by Crippen LogP contribution is 2.64. The van der Waals surface area contributed by atoms with Crippen LogP contribution in [0.1, 0.15) is 163 Å². The largest absolute Gasteiger partial charge is 0.465 e. The fourth-order valence-electron chi connectivity index (χ4n) is 8.60. The molecule has 3 rings (SSSR count). The molecule has 0 aromatic rings. The van der Waals surface area contributed by atoms with Gasteiger partial charge in [0.1, 0.15) is 0 Å². The second kappa shape index (κ2) is 15.1. The van der Waals surface area contributed by atoms with E-state index >= 15 is 0 Å². The Hall–Kier alpha value is -1.05. The number of esters is 1. The fraction of sp³-hybridized carbons (Fsp3) is 0.861. The maximum atomic E-state index is 12.7. The zero-order valence-electron chi connectivity index (χ0n) is 25.9. The predicted molar refractivity (Wildman–Crippen MR) is 163 cm³/mol. The van der Waals surface area contributed by atoms with Gasteiger partial charge in [-0.05, 0) is 62.2 Å². The Kier molecular flexibility index (Phi) is 12.5. The summed E-state index contributed by atoms with van der Waals surface area (Å²) in [6.45, 7) is 14.4. The summed E-state index contributed by atoms with van der Waals surface area (Å²) >= 11 is 0. The lowest BCUT2D eigenvalue weighted by atomic mass is 9.45. The molecular formula is C36H62O2. The smallest absolute Gasteiger partial charge is 0.305 e. The van der Waals surface area contributed by atoms with E-state index in [1.54, 1.807) is 5.57 Å². The molecule has 0 amide bonds. The molecule has 0 aliphatic heterocycles. The molecule has 0 unspecified atom stereocenters. The standard InChI is InChI=1S/C36H62O2/c1-6-8-9-10-11-12-13-14-15-16-17-18-19-21-33(37)38-29-35(4)25-20-26-36(5)31-24-27-34(3,7-2)28-30(31)22-23-32(35)36/h7,28,31-32H,2,6,8-27,29H2,1,3-5H3/t31-,32-,34-,35-,36+/m0/s1. The average molecular weight is 527 g/mol. The lowest BCUT2D eigenvalue weighted by Gasteiger charge is -2.60. The Morgan fingerprint density at radius 2 is 1.50 bits per heavy atom. The van der Waals surface area contributed by atoms with Crippen LogP contribution in [0.25, 0.3) is 0 Å². The number of ether oxygens (including phenoxy) is 1. The zero-order chi connectivity index (χ0) is 27.5. The minimum atomic E-state index is 0.0392. The van der Waals surface area contributed by atoms with E-state index in [9.17, 15) is 4.79 Å². The van der Waals surface area contributed by atoms with Gasteiger partial charge in [0.05, 0.1) is 6.61 Å². The molecule has 5 atom stereocenters. The lowest BCUT2D eigenvalue weighted by molar-refractivity contribution is -0.155. The molecular weight excluding hydrogens is 464 g/mol. The molecule has 2 heteroatoms. The molecule has 0 aromatic carbocycles. The van der Waals surface area contributed by atoms with E-state index in [4.69, 9.17) is 4.74 Å². The van der Waals surface area contributed by atoms with Gasteiger partial charge in [-0.2, -0.15) is 0 Å². The number of hydrogen-bond acceptors (Lipinski definition) is 2. The number of carbonyl (C=O) groups excluding carboxylic acids is 1. The average Bonchev–Trinajstić information content (AvgIpc) is 2.90. The van der Waals surface area contributed by atoms with Crippen molar-refractivity contribution in [2.45, 2.75) is 163 Å². The summed E-state index contributed by atoms with van der Waals surface area (Å²) in [6.07, 6.45) is 31.5. The first-order valence-electron chi connectivity index (χ1n) is 16.8. The Balaban J connectivity index is 1.32. The van der Waals surface area contributed by atoms with Gasteiger partial charge in [0.25, 0.3) is 0 Å². The van der Waals surface area contributed by atoms with Crippen LogP contribution in [0.5, 0.6) is 0 Å². The number of hydrogen-bond donors (Lipinski definition) is 0. The molecule has 0 aromatic heterocycles. The van der Waals surface area contributed by atoms with Crippen molar-refractivity contribution >= 4 is 5.97 Å². The minimum absolute atomic E-state index is 0.0392. The number of rotatable bonds is 17. The first-order chi connectivity index (χ1) is 18.3. The molecule has 38 heavy (non-hydrogen) atoms. The van der Waals surface area contributed by atoms with E-state index in [1.165, 1.54) is 122 Å². The monoisotopic (exact) mass is 526 g/mol. The summed E-state index contributed by atoms with van der Waals surface area (Å²) in [6, 6.07) is 0. The van der Waals surface area contributed by atoms with Crippen LogP contribution >= 0.6 is 0 Å². The Morgan fingerprint density at radius 1 is 0.895 bits per heavy atom. The molecule has 0 heterocycles. The van der Waals surface area contributed by atoms with Crippen molar-refractivity contribution < 1.29 is 9.53 Å². The van der Waals surface area contributed by atoms with Gasteiger partial charge >= 0.3 is 5.97 Å². The third-order valence-corrected chi connectivity index (χ3v) is 11.1. The highest BCUT2D eigenvalue weighted by atomic mass is 16.5. The minimum Gasteiger partial charge on any atom is -0.465 e. The van der Waals surface area contributed by atoms with Crippen LogP contribution in [0.2, 0.25) is 0 Å². The number of unbranched alkanes of at least 4 members (excludes halogenated alkanes) is 12. The Bertz CT molecular complexity index is 767. The first-order valence-corrected chi connectivity index (χ1v) is 16.8. The second-order valence-electron chi connectivity index (χ2n) is 14.3. The summed E-state index contributed by atoms with van der Waals surface area (Å²) in [4.78, 5) is 12.7. The number of allylic oxidation sites excluding steroid dienone is 3. The molecule has 2 saturated carbocycles. The van der Waals surface area contributed by atoms with Crippen molar-refractivity contribution in [3.63, 3.8) is 0 Å². The van der Waals surface area contributed by atoms with Crippen molar-refractivity contribution in [2.24, 2.45) is 28.1 Å². The van der Waals surface area contributed by atoms with E-state index in [0.29, 0.717) is 30.3 Å². The van der Waals surface area contributed by atoms with Crippen molar-refractivity contribution in [2.75, 3.05) is 6.61 Å². The van der Waals surface area contributed by atoms with Crippen molar-refractivity contribution in [1.82, 2.24) is 0 Å². The van der Waals surface area contributed by atoms with Gasteiger partial charge in [0.15, 0.2) is 0 Å². The molecule has 0 radical (unpaired) electrons. The Labute approximate surface area is 236 Å². The van der Waals surface area contributed by atoms with Crippen LogP contribution in [0.3, 0.4) is 0 Å². The third-order valence-electron chi connectivity index (χ3n) is 11.1. The molecule has 3 aliphatic rings. The maximum absolute atomic E-state index is 12.7. The van der Waals surface area contributed by atoms with E-state index in [1.807, 2.05) is 0 Å². The van der Waals surface area contributed by atoms with Crippen LogP contribution in [0, 0.1) is 28.1 Å². The van der Waals surface area contributed by atoms with Gasteiger partial charge in [0.2, 0.25) is 0 Å². The number of carbonyl (C=O) groups is 1. The van der Waals surface area contributed by atoms with Gasteiger partial charge in [-0.15, -0.1) is 6.58 Å². The van der Waals surface area contributed by atoms with Crippen LogP contribution in [-0.4, -0.2) is 12.6 Å². The topological polar surface area (TPSA) is 26.3 Å². The summed E-state index contributed by atoms with van der Waals surface area (Å²) in [5.41, 5.74) is 2.35. The highest BCUT2D eigenvalue weighted by Gasteiger charge is 2.56. The van der Waals surface area contributed by atoms with E-state index in [-0.39, 0.29) is 16.8 Å². The van der Waals surface area contributed by atoms with E-state index in [0.717, 1.165) is 6.42 Å². The lowest BCUT2D eigenvalue weighted by Crippen LogP contribution is -2.53. The first kappa shape index (κ1) is 31.5. The second-order valence-corrected chi connectivity index (χ2v) is 14.3. The molecule has 2 fully saturated rings. The summed E-state index contributed by atoms with van der Waals surface area (Å²) < 4.78 is 6.01. The molecule has 0 N–H and O–H groups in total. The SMILES string of the molecule is C=C[C@]1(C)C=C2CC[C@H]3[C@](C)(COC(=O)CCCCCCCCCCCCCCC)CCC[C@]3(C)[C@H]2CC1. The fourth-order valence-corrected chi connectivity index (χ4v) is 8.60. The summed E-state index contributed by atoms with van der Waals surface area (Å²) in [5.74, 6) is 1.40. The maximum Gasteiger partial charge on any atom is 0.305 e. The van der Waals surface area contributed by atoms with Crippen LogP contribution in [0.4, 0.5) is 0 Å². The van der Waals surface area contributed by atoms with Crippen LogP contribution in [-0.2, 0) is 9.53 Å². The van der Waals surface area contributed by atoms with Crippen LogP contribution < -0.4 is 0 Å². The normalized spacial score (nSPS) is 32.7. The summed E-state index contributed by atoms with van der Waals surface area (Å²) in [5, 5.41) is 0. The molecule has 2 nitrogen and oxygen atoms in total. The van der Waals surface area contributed by atoms with Gasteiger partial charge in [0, 0.05) is 17.3 Å². The molecule has 0 saturated heterocycles. The van der Waals surface area contributed by atoms with Crippen molar-refractivity contribution in [3.05, 3.63) is 24.3 Å². The van der Waals surface area contributed by atoms with Gasteiger partial charge < -0.3 is 4.74 Å². The van der Waals surface area contributed by atoms with E-state index < -0.39 is 0 Å². The molecule has 0 bridgehead atoms. The number of fused-ring (bicyclic) bond motifs is 3. The summed E-state index contributed by atoms with van der Waals surface area (Å²) in [7, 11) is 0. The van der Waals surface area contributed by atoms with Crippen molar-refractivity contribution in [3.8, 4) is 0 Å². The predicted octanol–water partition coefficient (Wildman–Crippen LogP) is 11.1. The Morgan fingerprint density at radius 3 is 2.11 bits per heavy atom. The highest BCUT2D eigenvalue weighted by molar-refractivity contribution is 5.69. The van der Waals surface area contributed by atoms with Gasteiger partial charge in [-0.3, -0.25) is 4.79 Å². The van der Waals surface area contributed by atoms with Gasteiger partial charge in [-0.1, -0.05) is 129 Å². The third kappa shape index (κ3) is 8.47. The van der Waals surface area contributed by atoms with Gasteiger partial charge in [-0.25, -0.2) is 0 Å². The van der Waals surface area contributed by atoms with Crippen molar-refractivity contribution in [1.29, 1.82) is 0 Å². The molecule has 0 spiro atoms.